The quantitative estimate of drug-likeness (QED) is 0.536. The molecule has 0 nitrogen and oxygen atoms in total. The van der Waals surface area contributed by atoms with Gasteiger partial charge in [0.05, 0.1) is 0 Å². The van der Waals surface area contributed by atoms with Crippen LogP contribution < -0.4 is 0 Å². The van der Waals surface area contributed by atoms with Crippen LogP contribution in [0.25, 0.3) is 0 Å². The highest BCUT2D eigenvalue weighted by molar-refractivity contribution is 4.95. The van der Waals surface area contributed by atoms with E-state index in [0.29, 0.717) is 0 Å². The summed E-state index contributed by atoms with van der Waals surface area (Å²) in [4.78, 5) is 0. The molecule has 0 bridgehead atoms. The third-order valence-corrected chi connectivity index (χ3v) is 4.30. The van der Waals surface area contributed by atoms with Gasteiger partial charge in [0.2, 0.25) is 0 Å². The summed E-state index contributed by atoms with van der Waals surface area (Å²) >= 11 is 0. The van der Waals surface area contributed by atoms with Gasteiger partial charge in [0.15, 0.2) is 0 Å². The minimum atomic E-state index is 0.778. The zero-order valence-corrected chi connectivity index (χ0v) is 10.6. The van der Waals surface area contributed by atoms with Gasteiger partial charge < -0.3 is 0 Å². The van der Waals surface area contributed by atoms with E-state index < -0.39 is 0 Å². The summed E-state index contributed by atoms with van der Waals surface area (Å²) < 4.78 is 0. The van der Waals surface area contributed by atoms with Gasteiger partial charge in [0.25, 0.3) is 0 Å². The lowest BCUT2D eigenvalue weighted by atomic mass is 9.84. The van der Waals surface area contributed by atoms with Crippen molar-refractivity contribution in [1.82, 2.24) is 0 Å². The minimum Gasteiger partial charge on any atom is -0.0654 e. The van der Waals surface area contributed by atoms with E-state index in [-0.39, 0.29) is 0 Å². The average molecular weight is 196 g/mol. The van der Waals surface area contributed by atoms with Crippen LogP contribution in [-0.2, 0) is 0 Å². The number of hydrogen-bond donors (Lipinski definition) is 0. The molecule has 84 valence electrons. The number of rotatable bonds is 7. The molecule has 0 aromatic carbocycles. The minimum absolute atomic E-state index is 0.778. The van der Waals surface area contributed by atoms with Crippen LogP contribution in [0.5, 0.6) is 0 Å². The van der Waals surface area contributed by atoms with Crippen LogP contribution in [0.2, 0.25) is 0 Å². The molecule has 1 unspecified atom stereocenters. The Bertz CT molecular complexity index is 153. The molecule has 0 N–H and O–H groups in total. The normalized spacial score (nSPS) is 21.2. The van der Waals surface area contributed by atoms with E-state index in [1.807, 2.05) is 0 Å². The Labute approximate surface area is 90.5 Å². The molecule has 0 aliphatic heterocycles. The first-order valence-electron chi connectivity index (χ1n) is 6.60. The van der Waals surface area contributed by atoms with Crippen LogP contribution in [0.3, 0.4) is 0 Å². The van der Waals surface area contributed by atoms with Crippen LogP contribution in [0, 0.1) is 17.3 Å². The van der Waals surface area contributed by atoms with E-state index in [9.17, 15) is 0 Å². The summed E-state index contributed by atoms with van der Waals surface area (Å²) in [6.07, 6.45) is 10.2. The Morgan fingerprint density at radius 3 is 2.14 bits per heavy atom. The first kappa shape index (κ1) is 12.1. The summed E-state index contributed by atoms with van der Waals surface area (Å²) in [5.41, 5.74) is 0.778. The molecule has 1 rings (SSSR count). The topological polar surface area (TPSA) is 0 Å². The molecule has 0 spiro atoms. The number of hydrogen-bond acceptors (Lipinski definition) is 0. The fraction of sp³-hybridized carbons (Fsp3) is 1.00. The summed E-state index contributed by atoms with van der Waals surface area (Å²) in [5.74, 6) is 1.88. The molecule has 0 heterocycles. The maximum Gasteiger partial charge on any atom is -0.0274 e. The van der Waals surface area contributed by atoms with E-state index in [0.717, 1.165) is 17.3 Å². The first-order chi connectivity index (χ1) is 6.60. The summed E-state index contributed by atoms with van der Waals surface area (Å²) in [6, 6.07) is 0. The molecule has 14 heavy (non-hydrogen) atoms. The maximum absolute atomic E-state index is 2.44. The highest BCUT2D eigenvalue weighted by atomic mass is 14.5. The molecule has 0 heteroatoms. The Hall–Kier alpha value is 0. The van der Waals surface area contributed by atoms with Crippen molar-refractivity contribution < 1.29 is 0 Å². The third-order valence-electron chi connectivity index (χ3n) is 4.30. The SMILES string of the molecule is CCCCC(C)CCC1(C(C)C)CC1. The van der Waals surface area contributed by atoms with Crippen molar-refractivity contribution in [3.63, 3.8) is 0 Å². The first-order valence-corrected chi connectivity index (χ1v) is 6.60. The van der Waals surface area contributed by atoms with Crippen LogP contribution in [0.1, 0.15) is 72.6 Å². The van der Waals surface area contributed by atoms with E-state index >= 15 is 0 Å². The Kier molecular flexibility index (Phi) is 4.47. The van der Waals surface area contributed by atoms with Crippen molar-refractivity contribution in [3.8, 4) is 0 Å². The third kappa shape index (κ3) is 3.29. The van der Waals surface area contributed by atoms with Crippen LogP contribution >= 0.6 is 0 Å². The predicted molar refractivity (Wildman–Crippen MR) is 64.4 cm³/mol. The molecule has 1 aliphatic rings. The van der Waals surface area contributed by atoms with Gasteiger partial charge in [-0.2, -0.15) is 0 Å². The highest BCUT2D eigenvalue weighted by Crippen LogP contribution is 2.55. The van der Waals surface area contributed by atoms with Crippen molar-refractivity contribution in [2.75, 3.05) is 0 Å². The zero-order chi connectivity index (χ0) is 10.6. The van der Waals surface area contributed by atoms with Gasteiger partial charge in [-0.25, -0.2) is 0 Å². The van der Waals surface area contributed by atoms with Gasteiger partial charge in [-0.15, -0.1) is 0 Å². The van der Waals surface area contributed by atoms with Gasteiger partial charge in [-0.05, 0) is 36.5 Å². The van der Waals surface area contributed by atoms with Gasteiger partial charge in [0, 0.05) is 0 Å². The Morgan fingerprint density at radius 2 is 1.71 bits per heavy atom. The second-order valence-electron chi connectivity index (χ2n) is 5.80. The van der Waals surface area contributed by atoms with Crippen molar-refractivity contribution in [3.05, 3.63) is 0 Å². The zero-order valence-electron chi connectivity index (χ0n) is 10.6. The molecule has 0 saturated heterocycles. The second kappa shape index (κ2) is 5.19. The lowest BCUT2D eigenvalue weighted by Gasteiger charge is -2.21. The standard InChI is InChI=1S/C14H28/c1-5-6-7-13(4)8-9-14(10-11-14)12(2)3/h12-13H,5-11H2,1-4H3. The Morgan fingerprint density at radius 1 is 1.07 bits per heavy atom. The Balaban J connectivity index is 2.13. The van der Waals surface area contributed by atoms with Crippen molar-refractivity contribution in [2.24, 2.45) is 17.3 Å². The van der Waals surface area contributed by atoms with Gasteiger partial charge in [-0.1, -0.05) is 53.4 Å². The van der Waals surface area contributed by atoms with Crippen LogP contribution in [0.4, 0.5) is 0 Å². The molecule has 1 saturated carbocycles. The van der Waals surface area contributed by atoms with E-state index in [2.05, 4.69) is 27.7 Å². The smallest absolute Gasteiger partial charge is 0.0274 e. The molecular weight excluding hydrogens is 168 g/mol. The molecule has 1 aliphatic carbocycles. The lowest BCUT2D eigenvalue weighted by Crippen LogP contribution is -2.11. The largest absolute Gasteiger partial charge is 0.0654 e. The van der Waals surface area contributed by atoms with Gasteiger partial charge >= 0.3 is 0 Å². The second-order valence-corrected chi connectivity index (χ2v) is 5.80. The fourth-order valence-electron chi connectivity index (χ4n) is 2.51. The van der Waals surface area contributed by atoms with Crippen molar-refractivity contribution in [2.45, 2.75) is 72.6 Å². The van der Waals surface area contributed by atoms with Crippen LogP contribution in [-0.4, -0.2) is 0 Å². The molecule has 0 amide bonds. The van der Waals surface area contributed by atoms with E-state index in [1.54, 1.807) is 0 Å². The number of unbranched alkanes of at least 4 members (excludes halogenated alkanes) is 1. The average Bonchev–Trinajstić information content (AvgIpc) is 2.92. The van der Waals surface area contributed by atoms with Crippen molar-refractivity contribution >= 4 is 0 Å². The molecular formula is C14H28. The van der Waals surface area contributed by atoms with Crippen molar-refractivity contribution in [1.29, 1.82) is 0 Å². The maximum atomic E-state index is 2.44. The van der Waals surface area contributed by atoms with E-state index in [4.69, 9.17) is 0 Å². The summed E-state index contributed by atoms with van der Waals surface area (Å²) in [6.45, 7) is 9.54. The molecule has 1 atom stereocenters. The summed E-state index contributed by atoms with van der Waals surface area (Å²) in [5, 5.41) is 0. The van der Waals surface area contributed by atoms with Gasteiger partial charge in [0.1, 0.15) is 0 Å². The summed E-state index contributed by atoms with van der Waals surface area (Å²) in [7, 11) is 0. The fourth-order valence-corrected chi connectivity index (χ4v) is 2.51. The molecule has 0 aromatic rings. The van der Waals surface area contributed by atoms with Gasteiger partial charge in [-0.3, -0.25) is 0 Å². The lowest BCUT2D eigenvalue weighted by molar-refractivity contribution is 0.295. The van der Waals surface area contributed by atoms with E-state index in [1.165, 1.54) is 44.9 Å². The van der Waals surface area contributed by atoms with Crippen LogP contribution in [0.15, 0.2) is 0 Å². The monoisotopic (exact) mass is 196 g/mol. The highest BCUT2D eigenvalue weighted by Gasteiger charge is 2.44. The predicted octanol–water partition coefficient (Wildman–Crippen LogP) is 5.03. The molecule has 0 aromatic heterocycles. The molecule has 0 radical (unpaired) electrons. The molecule has 1 fully saturated rings.